The maximum Gasteiger partial charge on any atom is 0.416 e. The number of ketones is 1. The second kappa shape index (κ2) is 16.2. The van der Waals surface area contributed by atoms with Crippen molar-refractivity contribution in [1.29, 1.82) is 0 Å². The normalized spacial score (nSPS) is 12.2. The van der Waals surface area contributed by atoms with Crippen LogP contribution < -0.4 is 0 Å². The molecule has 3 aromatic carbocycles. The van der Waals surface area contributed by atoms with E-state index in [-0.39, 0.29) is 43.5 Å². The molecule has 2 aromatic heterocycles. The van der Waals surface area contributed by atoms with Crippen LogP contribution in [0.5, 0.6) is 0 Å². The summed E-state index contributed by atoms with van der Waals surface area (Å²) in [6.45, 7) is 12.4. The van der Waals surface area contributed by atoms with Crippen molar-refractivity contribution in [3.63, 3.8) is 0 Å². The van der Waals surface area contributed by atoms with E-state index in [0.717, 1.165) is 69.3 Å². The fraction of sp³-hybridized carbons (Fsp3) is 0.368. The number of rotatable bonds is 9. The van der Waals surface area contributed by atoms with Gasteiger partial charge in [-0.05, 0) is 60.6 Å². The van der Waals surface area contributed by atoms with E-state index in [0.29, 0.717) is 10.6 Å². The van der Waals surface area contributed by atoms with Gasteiger partial charge in [0.05, 0.1) is 11.3 Å². The van der Waals surface area contributed by atoms with E-state index >= 15 is 0 Å². The fourth-order valence-corrected chi connectivity index (χ4v) is 6.96. The molecule has 3 nitrogen and oxygen atoms in total. The molecule has 0 aliphatic carbocycles. The van der Waals surface area contributed by atoms with Gasteiger partial charge in [0, 0.05) is 59.3 Å². The Bertz CT molecular complexity index is 1820. The average Bonchev–Trinajstić information content (AvgIpc) is 3.40. The number of alkyl halides is 3. The molecule has 0 atom stereocenters. The van der Waals surface area contributed by atoms with Crippen LogP contribution in [0.15, 0.2) is 72.6 Å². The first-order chi connectivity index (χ1) is 21.4. The van der Waals surface area contributed by atoms with Gasteiger partial charge in [-0.3, -0.25) is 9.78 Å². The fourth-order valence-electron chi connectivity index (χ4n) is 5.71. The number of allylic oxidation sites excluding steroid dienone is 2. The maximum atomic E-state index is 13.2. The van der Waals surface area contributed by atoms with Crippen molar-refractivity contribution in [3.8, 4) is 11.3 Å². The van der Waals surface area contributed by atoms with Gasteiger partial charge in [-0.2, -0.15) is 13.2 Å². The number of hydrogen-bond donors (Lipinski definition) is 1. The first-order valence-corrected chi connectivity index (χ1v) is 16.5. The van der Waals surface area contributed by atoms with E-state index in [4.69, 9.17) is 0 Å². The zero-order valence-corrected chi connectivity index (χ0v) is 30.3. The van der Waals surface area contributed by atoms with Crippen molar-refractivity contribution in [2.45, 2.75) is 79.3 Å². The van der Waals surface area contributed by atoms with Crippen molar-refractivity contribution in [2.75, 3.05) is 0 Å². The standard InChI is InChI=1S/C25H17F3NS.C13H24O2.Ir/c1-14(2)21-12-16(11-15-5-3-4-6-18(15)21)23-24-20(9-10-29-23)19-8-7-17(25(26,27)28)13-22(19)30-24;1-5-10(6-2)12(14)9-13(15)11(7-3)8-4;/h3-10,12-14H,1-2H3;9-11,14H,5-8H2,1-4H3;/q-1;;/b;12-9-;. The zero-order chi connectivity index (χ0) is 32.9. The molecular formula is C38H41F3IrNO2S-. The number of aliphatic hydroxyl groups excluding tert-OH is 1. The Kier molecular flexibility index (Phi) is 13.1. The predicted molar refractivity (Wildman–Crippen MR) is 182 cm³/mol. The molecule has 0 amide bonds. The van der Waals surface area contributed by atoms with E-state index in [1.54, 1.807) is 12.3 Å². The molecule has 0 aliphatic rings. The van der Waals surface area contributed by atoms with E-state index in [1.807, 2.05) is 52.0 Å². The molecule has 0 saturated carbocycles. The molecule has 0 fully saturated rings. The molecule has 5 rings (SSSR count). The molecule has 0 aliphatic heterocycles. The number of aliphatic hydroxyl groups is 1. The third-order valence-corrected chi connectivity index (χ3v) is 9.66. The van der Waals surface area contributed by atoms with Gasteiger partial charge in [-0.15, -0.1) is 40.5 Å². The quantitative estimate of drug-likeness (QED) is 0.0915. The molecule has 1 radical (unpaired) electrons. The Labute approximate surface area is 287 Å². The molecule has 2 heterocycles. The van der Waals surface area contributed by atoms with E-state index in [1.165, 1.54) is 29.0 Å². The van der Waals surface area contributed by atoms with Gasteiger partial charge >= 0.3 is 6.18 Å². The smallest absolute Gasteiger partial charge is 0.416 e. The van der Waals surface area contributed by atoms with Crippen LogP contribution in [0.3, 0.4) is 0 Å². The minimum Gasteiger partial charge on any atom is -0.512 e. The summed E-state index contributed by atoms with van der Waals surface area (Å²) >= 11 is 1.35. The maximum absolute atomic E-state index is 13.2. The number of aromatic nitrogens is 1. The summed E-state index contributed by atoms with van der Waals surface area (Å²) in [7, 11) is 0. The number of pyridine rings is 1. The van der Waals surface area contributed by atoms with Crippen LogP contribution in [0.1, 0.15) is 84.3 Å². The summed E-state index contributed by atoms with van der Waals surface area (Å²) in [5.41, 5.74) is 2.20. The van der Waals surface area contributed by atoms with Crippen LogP contribution in [-0.2, 0) is 31.1 Å². The summed E-state index contributed by atoms with van der Waals surface area (Å²) in [5.74, 6) is 0.866. The third kappa shape index (κ3) is 8.26. The number of fused-ring (bicyclic) bond motifs is 4. The van der Waals surface area contributed by atoms with Crippen LogP contribution in [0.4, 0.5) is 13.2 Å². The second-order valence-electron chi connectivity index (χ2n) is 11.7. The van der Waals surface area contributed by atoms with E-state index < -0.39 is 11.7 Å². The summed E-state index contributed by atoms with van der Waals surface area (Å²) in [4.78, 5) is 16.3. The molecule has 0 saturated heterocycles. The van der Waals surface area contributed by atoms with Crippen LogP contribution in [0.25, 0.3) is 42.2 Å². The molecule has 46 heavy (non-hydrogen) atoms. The average molecular weight is 825 g/mol. The van der Waals surface area contributed by atoms with Crippen molar-refractivity contribution in [3.05, 3.63) is 89.8 Å². The third-order valence-electron chi connectivity index (χ3n) is 8.48. The molecule has 1 N–H and O–H groups in total. The summed E-state index contributed by atoms with van der Waals surface area (Å²) in [5, 5.41) is 13.7. The second-order valence-corrected chi connectivity index (χ2v) is 12.7. The first kappa shape index (κ1) is 37.4. The van der Waals surface area contributed by atoms with Gasteiger partial charge in [-0.25, -0.2) is 0 Å². The van der Waals surface area contributed by atoms with Gasteiger partial charge in [0.1, 0.15) is 0 Å². The minimum absolute atomic E-state index is 0. The summed E-state index contributed by atoms with van der Waals surface area (Å²) in [6.07, 6.45) is 2.27. The Hall–Kier alpha value is -3.06. The van der Waals surface area contributed by atoms with Crippen LogP contribution in [0.2, 0.25) is 0 Å². The van der Waals surface area contributed by atoms with Gasteiger partial charge < -0.3 is 5.11 Å². The summed E-state index contributed by atoms with van der Waals surface area (Å²) in [6, 6.07) is 19.5. The van der Waals surface area contributed by atoms with Crippen LogP contribution in [-0.4, -0.2) is 15.9 Å². The predicted octanol–water partition coefficient (Wildman–Crippen LogP) is 12.1. The number of hydrogen-bond acceptors (Lipinski definition) is 4. The molecule has 5 aromatic rings. The number of carbonyl (C=O) groups excluding carboxylic acids is 1. The molecule has 0 bridgehead atoms. The monoisotopic (exact) mass is 825 g/mol. The number of carbonyl (C=O) groups is 1. The zero-order valence-electron chi connectivity index (χ0n) is 27.1. The Morgan fingerprint density at radius 2 is 1.57 bits per heavy atom. The summed E-state index contributed by atoms with van der Waals surface area (Å²) < 4.78 is 41.0. The largest absolute Gasteiger partial charge is 0.512 e. The van der Waals surface area contributed by atoms with E-state index in [2.05, 4.69) is 37.0 Å². The number of nitrogens with zero attached hydrogens (tertiary/aromatic N) is 1. The molecule has 0 unspecified atom stereocenters. The molecule has 247 valence electrons. The Morgan fingerprint density at radius 1 is 0.913 bits per heavy atom. The number of halogens is 3. The number of benzene rings is 3. The molecule has 0 spiro atoms. The molecule has 8 heteroatoms. The van der Waals surface area contributed by atoms with Crippen LogP contribution in [0, 0.1) is 17.9 Å². The van der Waals surface area contributed by atoms with Gasteiger partial charge in [0.15, 0.2) is 5.78 Å². The molecular weight excluding hydrogens is 784 g/mol. The van der Waals surface area contributed by atoms with Crippen LogP contribution >= 0.6 is 11.3 Å². The SMILES string of the molecule is CC(C)c1cc(-c2nccc3c2sc2cc(C(F)(F)F)ccc23)[c-]c2ccccc12.CCC(CC)C(=O)/C=C(\O)C(CC)CC.[Ir]. The Balaban J connectivity index is 0.000000309. The first-order valence-electron chi connectivity index (χ1n) is 15.7. The minimum atomic E-state index is -4.36. The van der Waals surface area contributed by atoms with Crippen molar-refractivity contribution in [1.82, 2.24) is 4.98 Å². The van der Waals surface area contributed by atoms with Crippen molar-refractivity contribution in [2.24, 2.45) is 11.8 Å². The van der Waals surface area contributed by atoms with Crippen molar-refractivity contribution >= 4 is 48.1 Å². The van der Waals surface area contributed by atoms with Gasteiger partial charge in [0.25, 0.3) is 0 Å². The van der Waals surface area contributed by atoms with Gasteiger partial charge in [0.2, 0.25) is 0 Å². The Morgan fingerprint density at radius 3 is 2.17 bits per heavy atom. The van der Waals surface area contributed by atoms with E-state index in [9.17, 15) is 23.1 Å². The van der Waals surface area contributed by atoms with Gasteiger partial charge in [-0.1, -0.05) is 76.8 Å². The van der Waals surface area contributed by atoms with Crippen molar-refractivity contribution < 1.29 is 43.2 Å². The topological polar surface area (TPSA) is 50.2 Å². The number of thiophene rings is 1.